The van der Waals surface area contributed by atoms with E-state index in [-0.39, 0.29) is 17.6 Å². The molecule has 2 aliphatic rings. The second-order valence-corrected chi connectivity index (χ2v) is 6.28. The second-order valence-electron chi connectivity index (χ2n) is 6.28. The Kier molecular flexibility index (Phi) is 3.79. The SMILES string of the molecule is Fc1cccnc1OC1CCOC2(C1)CN(Cc1ccco1)C2. The van der Waals surface area contributed by atoms with Crippen LogP contribution in [0.2, 0.25) is 0 Å². The number of pyridine rings is 1. The van der Waals surface area contributed by atoms with Crippen LogP contribution in [0, 0.1) is 5.82 Å². The zero-order chi connectivity index (χ0) is 15.7. The Bertz CT molecular complexity index is 656. The molecule has 2 fully saturated rings. The van der Waals surface area contributed by atoms with Crippen molar-refractivity contribution >= 4 is 0 Å². The molecule has 1 unspecified atom stereocenters. The van der Waals surface area contributed by atoms with E-state index in [0.717, 1.165) is 38.2 Å². The van der Waals surface area contributed by atoms with Crippen LogP contribution in [0.1, 0.15) is 18.6 Å². The minimum absolute atomic E-state index is 0.0566. The maximum atomic E-state index is 13.7. The van der Waals surface area contributed by atoms with E-state index in [1.807, 2.05) is 12.1 Å². The van der Waals surface area contributed by atoms with Crippen molar-refractivity contribution in [3.05, 3.63) is 48.3 Å². The fourth-order valence-electron chi connectivity index (χ4n) is 3.42. The second kappa shape index (κ2) is 5.94. The van der Waals surface area contributed by atoms with Gasteiger partial charge in [0.2, 0.25) is 0 Å². The molecule has 2 aromatic rings. The molecule has 23 heavy (non-hydrogen) atoms. The van der Waals surface area contributed by atoms with E-state index in [4.69, 9.17) is 13.9 Å². The van der Waals surface area contributed by atoms with Crippen molar-refractivity contribution < 1.29 is 18.3 Å². The maximum Gasteiger partial charge on any atom is 0.250 e. The van der Waals surface area contributed by atoms with Gasteiger partial charge in [-0.25, -0.2) is 9.37 Å². The van der Waals surface area contributed by atoms with Crippen LogP contribution in [0.5, 0.6) is 5.88 Å². The molecule has 0 aliphatic carbocycles. The third-order valence-corrected chi connectivity index (χ3v) is 4.43. The summed E-state index contributed by atoms with van der Waals surface area (Å²) in [5, 5.41) is 0. The minimum atomic E-state index is -0.416. The highest BCUT2D eigenvalue weighted by Gasteiger charge is 2.48. The number of rotatable bonds is 4. The Morgan fingerprint density at radius 3 is 3.04 bits per heavy atom. The molecule has 4 heterocycles. The lowest BCUT2D eigenvalue weighted by Crippen LogP contribution is -2.65. The van der Waals surface area contributed by atoms with Crippen LogP contribution in [0.15, 0.2) is 41.1 Å². The van der Waals surface area contributed by atoms with Crippen LogP contribution < -0.4 is 4.74 Å². The van der Waals surface area contributed by atoms with Gasteiger partial charge in [0.15, 0.2) is 5.82 Å². The smallest absolute Gasteiger partial charge is 0.250 e. The first-order valence-electron chi connectivity index (χ1n) is 7.88. The molecule has 0 radical (unpaired) electrons. The highest BCUT2D eigenvalue weighted by Crippen LogP contribution is 2.36. The fourth-order valence-corrected chi connectivity index (χ4v) is 3.42. The Labute approximate surface area is 134 Å². The first-order valence-corrected chi connectivity index (χ1v) is 7.88. The summed E-state index contributed by atoms with van der Waals surface area (Å²) in [5.74, 6) is 0.626. The third kappa shape index (κ3) is 3.09. The average molecular weight is 318 g/mol. The topological polar surface area (TPSA) is 47.7 Å². The molecule has 4 rings (SSSR count). The standard InChI is InChI=1S/C17H19FN2O3/c18-15-4-1-6-19-16(15)23-13-5-8-22-17(9-13)11-20(12-17)10-14-3-2-7-21-14/h1-4,6-7,13H,5,8-12H2. The number of hydrogen-bond donors (Lipinski definition) is 0. The number of hydrogen-bond acceptors (Lipinski definition) is 5. The molecule has 6 heteroatoms. The largest absolute Gasteiger partial charge is 0.472 e. The Morgan fingerprint density at radius 1 is 1.35 bits per heavy atom. The maximum absolute atomic E-state index is 13.7. The normalized spacial score (nSPS) is 23.6. The summed E-state index contributed by atoms with van der Waals surface area (Å²) in [6, 6.07) is 6.80. The number of aromatic nitrogens is 1. The highest BCUT2D eigenvalue weighted by atomic mass is 19.1. The molecule has 0 aromatic carbocycles. The van der Waals surface area contributed by atoms with Gasteiger partial charge in [0.05, 0.1) is 25.0 Å². The van der Waals surface area contributed by atoms with Gasteiger partial charge in [-0.05, 0) is 24.3 Å². The van der Waals surface area contributed by atoms with E-state index in [2.05, 4.69) is 9.88 Å². The Morgan fingerprint density at radius 2 is 2.26 bits per heavy atom. The molecule has 1 spiro atoms. The predicted octanol–water partition coefficient (Wildman–Crippen LogP) is 2.63. The van der Waals surface area contributed by atoms with Crippen LogP contribution in [-0.2, 0) is 11.3 Å². The Balaban J connectivity index is 1.34. The van der Waals surface area contributed by atoms with Gasteiger partial charge < -0.3 is 13.9 Å². The van der Waals surface area contributed by atoms with Gasteiger partial charge in [0.1, 0.15) is 11.9 Å². The zero-order valence-electron chi connectivity index (χ0n) is 12.8. The van der Waals surface area contributed by atoms with Crippen molar-refractivity contribution in [2.24, 2.45) is 0 Å². The fraction of sp³-hybridized carbons (Fsp3) is 0.471. The number of halogens is 1. The molecular weight excluding hydrogens is 299 g/mol. The van der Waals surface area contributed by atoms with Gasteiger partial charge in [-0.3, -0.25) is 4.90 Å². The molecule has 0 saturated carbocycles. The molecule has 1 atom stereocenters. The van der Waals surface area contributed by atoms with Crippen LogP contribution >= 0.6 is 0 Å². The van der Waals surface area contributed by atoms with Crippen molar-refractivity contribution in [1.29, 1.82) is 0 Å². The van der Waals surface area contributed by atoms with Gasteiger partial charge in [-0.15, -0.1) is 0 Å². The third-order valence-electron chi connectivity index (χ3n) is 4.43. The van der Waals surface area contributed by atoms with Crippen LogP contribution in [0.3, 0.4) is 0 Å². The van der Waals surface area contributed by atoms with E-state index in [1.165, 1.54) is 6.07 Å². The molecule has 122 valence electrons. The summed E-state index contributed by atoms with van der Waals surface area (Å²) in [5.41, 5.74) is -0.180. The van der Waals surface area contributed by atoms with Crippen LogP contribution in [0.4, 0.5) is 4.39 Å². The molecule has 0 amide bonds. The molecule has 2 saturated heterocycles. The summed E-state index contributed by atoms with van der Waals surface area (Å²) in [4.78, 5) is 6.25. The van der Waals surface area contributed by atoms with Gasteiger partial charge in [-0.2, -0.15) is 0 Å². The molecule has 0 bridgehead atoms. The monoisotopic (exact) mass is 318 g/mol. The Hall–Kier alpha value is -1.92. The van der Waals surface area contributed by atoms with Gasteiger partial charge in [-0.1, -0.05) is 0 Å². The van der Waals surface area contributed by atoms with E-state index in [0.29, 0.717) is 6.61 Å². The van der Waals surface area contributed by atoms with Crippen molar-refractivity contribution in [2.75, 3.05) is 19.7 Å². The van der Waals surface area contributed by atoms with Crippen molar-refractivity contribution in [3.8, 4) is 5.88 Å². The van der Waals surface area contributed by atoms with Gasteiger partial charge >= 0.3 is 0 Å². The van der Waals surface area contributed by atoms with Crippen molar-refractivity contribution in [1.82, 2.24) is 9.88 Å². The number of furan rings is 1. The van der Waals surface area contributed by atoms with E-state index in [9.17, 15) is 4.39 Å². The van der Waals surface area contributed by atoms with Crippen molar-refractivity contribution in [3.63, 3.8) is 0 Å². The summed E-state index contributed by atoms with van der Waals surface area (Å²) in [6.45, 7) is 3.11. The summed E-state index contributed by atoms with van der Waals surface area (Å²) < 4.78 is 30.8. The minimum Gasteiger partial charge on any atom is -0.472 e. The quantitative estimate of drug-likeness (QED) is 0.867. The lowest BCUT2D eigenvalue weighted by molar-refractivity contribution is -0.189. The molecule has 2 aliphatic heterocycles. The number of nitrogens with zero attached hydrogens (tertiary/aromatic N) is 2. The molecule has 5 nitrogen and oxygen atoms in total. The lowest BCUT2D eigenvalue weighted by atomic mass is 9.84. The van der Waals surface area contributed by atoms with Crippen LogP contribution in [-0.4, -0.2) is 41.3 Å². The van der Waals surface area contributed by atoms with E-state index >= 15 is 0 Å². The van der Waals surface area contributed by atoms with Crippen LogP contribution in [0.25, 0.3) is 0 Å². The predicted molar refractivity (Wildman–Crippen MR) is 80.5 cm³/mol. The molecule has 0 N–H and O–H groups in total. The van der Waals surface area contributed by atoms with Gasteiger partial charge in [0.25, 0.3) is 5.88 Å². The van der Waals surface area contributed by atoms with Crippen molar-refractivity contribution in [2.45, 2.75) is 31.1 Å². The first kappa shape index (κ1) is 14.7. The average Bonchev–Trinajstić information content (AvgIpc) is 3.02. The van der Waals surface area contributed by atoms with E-state index in [1.54, 1.807) is 18.5 Å². The zero-order valence-corrected chi connectivity index (χ0v) is 12.8. The summed E-state index contributed by atoms with van der Waals surface area (Å²) in [7, 11) is 0. The molecule has 2 aromatic heterocycles. The van der Waals surface area contributed by atoms with Gasteiger partial charge in [0, 0.05) is 32.1 Å². The highest BCUT2D eigenvalue weighted by molar-refractivity contribution is 5.14. The van der Waals surface area contributed by atoms with E-state index < -0.39 is 5.82 Å². The lowest BCUT2D eigenvalue weighted by Gasteiger charge is -2.52. The molecular formula is C17H19FN2O3. The number of ether oxygens (including phenoxy) is 2. The summed E-state index contributed by atoms with van der Waals surface area (Å²) in [6.07, 6.45) is 4.70. The number of likely N-dealkylation sites (tertiary alicyclic amines) is 1. The summed E-state index contributed by atoms with van der Waals surface area (Å²) >= 11 is 0. The first-order chi connectivity index (χ1) is 11.2.